The van der Waals surface area contributed by atoms with Crippen molar-refractivity contribution in [2.45, 2.75) is 33.6 Å². The zero-order valence-electron chi connectivity index (χ0n) is 17.9. The number of para-hydroxylation sites is 1. The largest absolute Gasteiger partial charge is 0.493 e. The Bertz CT molecular complexity index is 992. The first-order chi connectivity index (χ1) is 14.5. The van der Waals surface area contributed by atoms with Crippen molar-refractivity contribution < 1.29 is 14.3 Å². The Morgan fingerprint density at radius 2 is 1.73 bits per heavy atom. The van der Waals surface area contributed by atoms with Crippen LogP contribution in [0.15, 0.2) is 54.2 Å². The number of imide groups is 1. The lowest BCUT2D eigenvalue weighted by Crippen LogP contribution is -2.37. The molecule has 5 nitrogen and oxygen atoms in total. The molecule has 0 spiro atoms. The molecule has 2 aromatic carbocycles. The van der Waals surface area contributed by atoms with Crippen molar-refractivity contribution in [3.05, 3.63) is 65.4 Å². The van der Waals surface area contributed by atoms with E-state index in [4.69, 9.17) is 4.74 Å². The van der Waals surface area contributed by atoms with Crippen molar-refractivity contribution in [1.29, 1.82) is 0 Å². The first-order valence-electron chi connectivity index (χ1n) is 10.7. The van der Waals surface area contributed by atoms with E-state index in [1.807, 2.05) is 54.3 Å². The highest BCUT2D eigenvalue weighted by Crippen LogP contribution is 2.38. The van der Waals surface area contributed by atoms with Crippen LogP contribution in [0.5, 0.6) is 5.75 Å². The van der Waals surface area contributed by atoms with Crippen molar-refractivity contribution in [2.24, 2.45) is 5.92 Å². The lowest BCUT2D eigenvalue weighted by Gasteiger charge is -2.32. The third-order valence-electron chi connectivity index (χ3n) is 5.57. The number of rotatable bonds is 6. The molecule has 2 aliphatic heterocycles. The SMILES string of the molecule is CCN1C(=O)C(c2ccc(OCC(C)C)cc2)=C(N2CCCc3ccccc32)C1=O. The maximum Gasteiger partial charge on any atom is 0.278 e. The van der Waals surface area contributed by atoms with Gasteiger partial charge in [-0.3, -0.25) is 14.5 Å². The van der Waals surface area contributed by atoms with E-state index in [1.54, 1.807) is 0 Å². The fourth-order valence-corrected chi connectivity index (χ4v) is 4.11. The summed E-state index contributed by atoms with van der Waals surface area (Å²) in [6.45, 7) is 7.76. The maximum atomic E-state index is 13.3. The molecule has 156 valence electrons. The number of anilines is 1. The average Bonchev–Trinajstić information content (AvgIpc) is 3.01. The Kier molecular flexibility index (Phi) is 5.62. The number of likely N-dealkylation sites (N-methyl/N-ethyl adjacent to an activating group) is 1. The smallest absolute Gasteiger partial charge is 0.278 e. The molecule has 30 heavy (non-hydrogen) atoms. The number of fused-ring (bicyclic) bond motifs is 1. The monoisotopic (exact) mass is 404 g/mol. The van der Waals surface area contributed by atoms with Crippen LogP contribution in [-0.4, -0.2) is 36.4 Å². The zero-order chi connectivity index (χ0) is 21.3. The third kappa shape index (κ3) is 3.60. The van der Waals surface area contributed by atoms with Crippen LogP contribution in [0.1, 0.15) is 38.3 Å². The summed E-state index contributed by atoms with van der Waals surface area (Å²) in [4.78, 5) is 29.8. The number of hydrogen-bond acceptors (Lipinski definition) is 4. The molecule has 0 fully saturated rings. The second-order valence-electron chi connectivity index (χ2n) is 8.19. The van der Waals surface area contributed by atoms with Gasteiger partial charge in [0.05, 0.1) is 12.2 Å². The van der Waals surface area contributed by atoms with Gasteiger partial charge in [-0.2, -0.15) is 0 Å². The second-order valence-corrected chi connectivity index (χ2v) is 8.19. The van der Waals surface area contributed by atoms with Crippen LogP contribution >= 0.6 is 0 Å². The van der Waals surface area contributed by atoms with Crippen molar-refractivity contribution in [2.75, 3.05) is 24.6 Å². The van der Waals surface area contributed by atoms with Gasteiger partial charge in [-0.25, -0.2) is 0 Å². The molecular formula is C25H28N2O3. The molecule has 0 unspecified atom stereocenters. The number of carbonyl (C=O) groups excluding carboxylic acids is 2. The second kappa shape index (κ2) is 8.34. The Morgan fingerprint density at radius 1 is 1.00 bits per heavy atom. The van der Waals surface area contributed by atoms with E-state index in [0.717, 1.165) is 36.4 Å². The van der Waals surface area contributed by atoms with Gasteiger partial charge in [-0.15, -0.1) is 0 Å². The Labute approximate surface area is 177 Å². The predicted octanol–water partition coefficient (Wildman–Crippen LogP) is 4.27. The summed E-state index contributed by atoms with van der Waals surface area (Å²) in [5, 5.41) is 0. The van der Waals surface area contributed by atoms with Gasteiger partial charge in [0.1, 0.15) is 11.4 Å². The molecule has 0 bridgehead atoms. The molecule has 0 N–H and O–H groups in total. The van der Waals surface area contributed by atoms with Gasteiger partial charge in [-0.05, 0) is 55.0 Å². The lowest BCUT2D eigenvalue weighted by atomic mass is 9.98. The number of benzene rings is 2. The zero-order valence-corrected chi connectivity index (χ0v) is 17.9. The van der Waals surface area contributed by atoms with E-state index in [-0.39, 0.29) is 11.8 Å². The number of nitrogens with zero attached hydrogens (tertiary/aromatic N) is 2. The van der Waals surface area contributed by atoms with Crippen LogP contribution in [0.4, 0.5) is 5.69 Å². The third-order valence-corrected chi connectivity index (χ3v) is 5.57. The fourth-order valence-electron chi connectivity index (χ4n) is 4.11. The average molecular weight is 405 g/mol. The van der Waals surface area contributed by atoms with Crippen LogP contribution in [0.2, 0.25) is 0 Å². The molecule has 0 saturated heterocycles. The van der Waals surface area contributed by atoms with Gasteiger partial charge in [-0.1, -0.05) is 44.2 Å². The number of ether oxygens (including phenoxy) is 1. The summed E-state index contributed by atoms with van der Waals surface area (Å²) < 4.78 is 5.78. The summed E-state index contributed by atoms with van der Waals surface area (Å²) in [6, 6.07) is 15.6. The first-order valence-corrected chi connectivity index (χ1v) is 10.7. The highest BCUT2D eigenvalue weighted by Gasteiger charge is 2.41. The standard InChI is InChI=1S/C25H28N2O3/c1-4-26-24(28)22(19-11-13-20(14-12-19)30-16-17(2)3)23(25(26)29)27-15-7-9-18-8-5-6-10-21(18)27/h5-6,8,10-14,17H,4,7,9,15-16H2,1-3H3. The van der Waals surface area contributed by atoms with Crippen molar-refractivity contribution >= 4 is 23.1 Å². The Morgan fingerprint density at radius 3 is 2.43 bits per heavy atom. The molecule has 0 saturated carbocycles. The topological polar surface area (TPSA) is 49.9 Å². The minimum atomic E-state index is -0.226. The lowest BCUT2D eigenvalue weighted by molar-refractivity contribution is -0.136. The maximum absolute atomic E-state index is 13.3. The quantitative estimate of drug-likeness (QED) is 0.675. The van der Waals surface area contributed by atoms with Gasteiger partial charge in [0, 0.05) is 18.8 Å². The molecule has 0 radical (unpaired) electrons. The molecule has 0 atom stereocenters. The first kappa shape index (κ1) is 20.2. The summed E-state index contributed by atoms with van der Waals surface area (Å²) in [5.74, 6) is 0.762. The molecule has 0 aliphatic carbocycles. The van der Waals surface area contributed by atoms with E-state index in [2.05, 4.69) is 19.9 Å². The number of amides is 2. The van der Waals surface area contributed by atoms with E-state index < -0.39 is 0 Å². The van der Waals surface area contributed by atoms with Gasteiger partial charge in [0.2, 0.25) is 0 Å². The molecule has 2 amide bonds. The molecule has 5 heteroatoms. The Hall–Kier alpha value is -3.08. The number of hydrogen-bond donors (Lipinski definition) is 0. The molecule has 0 aromatic heterocycles. The van der Waals surface area contributed by atoms with Gasteiger partial charge >= 0.3 is 0 Å². The molecular weight excluding hydrogens is 376 g/mol. The summed E-state index contributed by atoms with van der Waals surface area (Å²) in [5.41, 5.74) is 3.95. The van der Waals surface area contributed by atoms with Crippen LogP contribution < -0.4 is 9.64 Å². The number of carbonyl (C=O) groups is 2. The summed E-state index contributed by atoms with van der Waals surface area (Å²) in [6.07, 6.45) is 1.93. The normalized spacial score (nSPS) is 16.5. The van der Waals surface area contributed by atoms with Gasteiger partial charge in [0.25, 0.3) is 11.8 Å². The van der Waals surface area contributed by atoms with Crippen LogP contribution in [0, 0.1) is 5.92 Å². The van der Waals surface area contributed by atoms with E-state index in [9.17, 15) is 9.59 Å². The van der Waals surface area contributed by atoms with E-state index >= 15 is 0 Å². The highest BCUT2D eigenvalue weighted by atomic mass is 16.5. The van der Waals surface area contributed by atoms with Crippen molar-refractivity contribution in [1.82, 2.24) is 4.90 Å². The molecule has 2 aliphatic rings. The van der Waals surface area contributed by atoms with Crippen LogP contribution in [-0.2, 0) is 16.0 Å². The Balaban J connectivity index is 1.77. The van der Waals surface area contributed by atoms with Gasteiger partial charge < -0.3 is 9.64 Å². The van der Waals surface area contributed by atoms with E-state index in [0.29, 0.717) is 30.3 Å². The number of aryl methyl sites for hydroxylation is 1. The molecule has 2 aromatic rings. The summed E-state index contributed by atoms with van der Waals surface area (Å²) in [7, 11) is 0. The van der Waals surface area contributed by atoms with Crippen LogP contribution in [0.3, 0.4) is 0 Å². The predicted molar refractivity (Wildman–Crippen MR) is 118 cm³/mol. The minimum Gasteiger partial charge on any atom is -0.493 e. The van der Waals surface area contributed by atoms with Gasteiger partial charge in [0.15, 0.2) is 0 Å². The van der Waals surface area contributed by atoms with Crippen LogP contribution in [0.25, 0.3) is 5.57 Å². The molecule has 2 heterocycles. The van der Waals surface area contributed by atoms with Crippen molar-refractivity contribution in [3.8, 4) is 5.75 Å². The molecule has 4 rings (SSSR count). The summed E-state index contributed by atoms with van der Waals surface area (Å²) >= 11 is 0. The van der Waals surface area contributed by atoms with E-state index in [1.165, 1.54) is 10.5 Å². The highest BCUT2D eigenvalue weighted by molar-refractivity contribution is 6.36. The minimum absolute atomic E-state index is 0.214. The fraction of sp³-hybridized carbons (Fsp3) is 0.360. The van der Waals surface area contributed by atoms with Crippen molar-refractivity contribution in [3.63, 3.8) is 0 Å².